The molecule has 0 aliphatic carbocycles. The first-order chi connectivity index (χ1) is 12.7. The maximum Gasteiger partial charge on any atom is 0.407 e. The molecule has 1 aromatic rings. The van der Waals surface area contributed by atoms with Gasteiger partial charge in [-0.05, 0) is 55.1 Å². The Balaban J connectivity index is 3.16. The molecule has 0 saturated heterocycles. The van der Waals surface area contributed by atoms with E-state index in [-0.39, 0.29) is 6.54 Å². The van der Waals surface area contributed by atoms with Crippen molar-refractivity contribution in [3.05, 3.63) is 29.8 Å². The van der Waals surface area contributed by atoms with Crippen LogP contribution in [-0.4, -0.2) is 41.6 Å². The normalized spacial score (nSPS) is 13.9. The van der Waals surface area contributed by atoms with E-state index < -0.39 is 26.1 Å². The summed E-state index contributed by atoms with van der Waals surface area (Å²) in [5.41, 5.74) is 1.43. The number of benzene rings is 1. The largest absolute Gasteiger partial charge is 0.543 e. The lowest BCUT2D eigenvalue weighted by Crippen LogP contribution is -2.50. The molecule has 0 saturated carbocycles. The van der Waals surface area contributed by atoms with Crippen molar-refractivity contribution in [2.24, 2.45) is 0 Å². The predicted molar refractivity (Wildman–Crippen MR) is 118 cm³/mol. The van der Waals surface area contributed by atoms with E-state index in [1.807, 2.05) is 45.0 Å². The Morgan fingerprint density at radius 3 is 1.96 bits per heavy atom. The molecule has 2 N–H and O–H groups in total. The number of hydrogen-bond donors (Lipinski definition) is 2. The van der Waals surface area contributed by atoms with E-state index in [2.05, 4.69) is 41.5 Å². The molecular weight excluding hydrogens is 370 g/mol. The van der Waals surface area contributed by atoms with Crippen LogP contribution in [0, 0.1) is 0 Å². The van der Waals surface area contributed by atoms with Crippen LogP contribution < -0.4 is 4.43 Å². The number of rotatable bonds is 8. The van der Waals surface area contributed by atoms with E-state index in [0.717, 1.165) is 5.75 Å². The van der Waals surface area contributed by atoms with Crippen molar-refractivity contribution >= 4 is 14.4 Å². The van der Waals surface area contributed by atoms with Gasteiger partial charge in [0.25, 0.3) is 8.32 Å². The van der Waals surface area contributed by atoms with E-state index in [0.29, 0.717) is 22.2 Å². The van der Waals surface area contributed by atoms with Gasteiger partial charge in [0.15, 0.2) is 0 Å². The van der Waals surface area contributed by atoms with Crippen LogP contribution in [-0.2, 0) is 0 Å². The molecule has 0 aliphatic rings. The Labute approximate surface area is 171 Å². The summed E-state index contributed by atoms with van der Waals surface area (Å²) in [6.45, 7) is 18.9. The molecule has 1 amide bonds. The van der Waals surface area contributed by atoms with Crippen LogP contribution in [0.15, 0.2) is 24.3 Å². The summed E-state index contributed by atoms with van der Waals surface area (Å²) in [6.07, 6.45) is -1.95. The minimum Gasteiger partial charge on any atom is -0.543 e. The van der Waals surface area contributed by atoms with Crippen molar-refractivity contribution in [1.29, 1.82) is 0 Å². The second-order valence-corrected chi connectivity index (χ2v) is 14.9. The molecule has 1 atom stereocenters. The molecule has 160 valence electrons. The Morgan fingerprint density at radius 1 is 1.07 bits per heavy atom. The van der Waals surface area contributed by atoms with Gasteiger partial charge in [0.2, 0.25) is 0 Å². The maximum atomic E-state index is 11.6. The Morgan fingerprint density at radius 2 is 1.57 bits per heavy atom. The standard InChI is InChI=1S/C22H39NO4Si/c1-15(2)28(16(3)4,17(5)6)27-19-12-10-11-18(13-19)20(24)14-23(21(25)26)22(7,8)9/h10-13,15-17,20,24H,14H2,1-9H3,(H,25,26). The molecule has 28 heavy (non-hydrogen) atoms. The fourth-order valence-corrected chi connectivity index (χ4v) is 9.50. The molecular formula is C22H39NO4Si. The molecule has 0 aromatic heterocycles. The van der Waals surface area contributed by atoms with Gasteiger partial charge in [-0.15, -0.1) is 0 Å². The Bertz CT molecular complexity index is 630. The number of β-amino-alcohol motifs (C(OH)–C–C–N with tert-alkyl or cyclic N) is 1. The van der Waals surface area contributed by atoms with Crippen molar-refractivity contribution in [3.8, 4) is 5.75 Å². The summed E-state index contributed by atoms with van der Waals surface area (Å²) in [5, 5.41) is 20.2. The zero-order valence-corrected chi connectivity index (χ0v) is 20.0. The quantitative estimate of drug-likeness (QED) is 0.513. The lowest BCUT2D eigenvalue weighted by atomic mass is 10.0. The minimum absolute atomic E-state index is 0.0173. The number of nitrogens with zero attached hydrogens (tertiary/aromatic N) is 1. The van der Waals surface area contributed by atoms with Gasteiger partial charge in [-0.3, -0.25) is 0 Å². The van der Waals surface area contributed by atoms with Gasteiger partial charge < -0.3 is 19.5 Å². The van der Waals surface area contributed by atoms with E-state index in [4.69, 9.17) is 4.43 Å². The number of amides is 1. The van der Waals surface area contributed by atoms with Crippen LogP contribution in [0.1, 0.15) is 74.0 Å². The summed E-state index contributed by atoms with van der Waals surface area (Å²) in [4.78, 5) is 12.9. The number of carbonyl (C=O) groups is 1. The Hall–Kier alpha value is -1.53. The zero-order chi connectivity index (χ0) is 21.9. The highest BCUT2D eigenvalue weighted by molar-refractivity contribution is 6.78. The molecule has 0 fully saturated rings. The van der Waals surface area contributed by atoms with E-state index in [1.54, 1.807) is 0 Å². The molecule has 0 radical (unpaired) electrons. The van der Waals surface area contributed by atoms with Crippen molar-refractivity contribution in [3.63, 3.8) is 0 Å². The average molecular weight is 410 g/mol. The van der Waals surface area contributed by atoms with E-state index in [9.17, 15) is 15.0 Å². The summed E-state index contributed by atoms with van der Waals surface area (Å²) < 4.78 is 6.69. The third-order valence-electron chi connectivity index (χ3n) is 5.64. The number of hydrogen-bond acceptors (Lipinski definition) is 3. The molecule has 0 heterocycles. The second-order valence-electron chi connectivity index (χ2n) is 9.57. The first-order valence-electron chi connectivity index (χ1n) is 10.2. The topological polar surface area (TPSA) is 70.0 Å². The van der Waals surface area contributed by atoms with Gasteiger partial charge in [0.1, 0.15) is 5.75 Å². The maximum absolute atomic E-state index is 11.6. The highest BCUT2D eigenvalue weighted by Gasteiger charge is 2.47. The fourth-order valence-electron chi connectivity index (χ4n) is 4.26. The van der Waals surface area contributed by atoms with Crippen LogP contribution in [0.25, 0.3) is 0 Å². The first-order valence-corrected chi connectivity index (χ1v) is 12.3. The zero-order valence-electron chi connectivity index (χ0n) is 19.0. The molecule has 0 aliphatic heterocycles. The molecule has 6 heteroatoms. The highest BCUT2D eigenvalue weighted by Crippen LogP contribution is 2.43. The third-order valence-corrected chi connectivity index (χ3v) is 11.6. The van der Waals surface area contributed by atoms with Crippen LogP contribution in [0.5, 0.6) is 5.75 Å². The third kappa shape index (κ3) is 5.51. The van der Waals surface area contributed by atoms with Gasteiger partial charge in [-0.2, -0.15) is 0 Å². The molecule has 5 nitrogen and oxygen atoms in total. The highest BCUT2D eigenvalue weighted by atomic mass is 28.4. The van der Waals surface area contributed by atoms with Gasteiger partial charge in [-0.25, -0.2) is 4.79 Å². The minimum atomic E-state index is -2.09. The summed E-state index contributed by atoms with van der Waals surface area (Å²) in [5.74, 6) is 0.761. The van der Waals surface area contributed by atoms with Gasteiger partial charge >= 0.3 is 6.09 Å². The predicted octanol–water partition coefficient (Wildman–Crippen LogP) is 6.05. The number of aliphatic hydroxyl groups is 1. The molecule has 1 aromatic carbocycles. The van der Waals surface area contributed by atoms with Crippen LogP contribution >= 0.6 is 0 Å². The Kier molecular flexibility index (Phi) is 8.15. The van der Waals surface area contributed by atoms with Crippen molar-refractivity contribution in [2.75, 3.05) is 6.54 Å². The summed E-state index contributed by atoms with van der Waals surface area (Å²) >= 11 is 0. The summed E-state index contributed by atoms with van der Waals surface area (Å²) in [6, 6.07) is 7.49. The van der Waals surface area contributed by atoms with Crippen molar-refractivity contribution in [2.45, 2.75) is 90.6 Å². The molecule has 1 unspecified atom stereocenters. The van der Waals surface area contributed by atoms with Gasteiger partial charge in [0.05, 0.1) is 12.6 Å². The van der Waals surface area contributed by atoms with Gasteiger partial charge in [0, 0.05) is 5.54 Å². The molecule has 0 spiro atoms. The SMILES string of the molecule is CC(C)[Si](Oc1cccc(C(O)CN(C(=O)O)C(C)(C)C)c1)(C(C)C)C(C)C. The lowest BCUT2D eigenvalue weighted by Gasteiger charge is -2.42. The smallest absolute Gasteiger partial charge is 0.407 e. The van der Waals surface area contributed by atoms with E-state index in [1.165, 1.54) is 4.90 Å². The van der Waals surface area contributed by atoms with Crippen molar-refractivity contribution in [1.82, 2.24) is 4.90 Å². The monoisotopic (exact) mass is 409 g/mol. The number of carboxylic acid groups (broad SMARTS) is 1. The second kappa shape index (κ2) is 9.31. The molecule has 0 bridgehead atoms. The lowest BCUT2D eigenvalue weighted by molar-refractivity contribution is 0.0556. The van der Waals surface area contributed by atoms with E-state index >= 15 is 0 Å². The molecule has 1 rings (SSSR count). The number of aliphatic hydroxyl groups excluding tert-OH is 1. The first kappa shape index (κ1) is 24.5. The van der Waals surface area contributed by atoms with Crippen LogP contribution in [0.2, 0.25) is 16.6 Å². The van der Waals surface area contributed by atoms with Crippen LogP contribution in [0.3, 0.4) is 0 Å². The van der Waals surface area contributed by atoms with Gasteiger partial charge in [-0.1, -0.05) is 53.7 Å². The fraction of sp³-hybridized carbons (Fsp3) is 0.682. The van der Waals surface area contributed by atoms with Crippen LogP contribution in [0.4, 0.5) is 4.79 Å². The average Bonchev–Trinajstić information content (AvgIpc) is 2.55. The van der Waals surface area contributed by atoms with Crippen molar-refractivity contribution < 1.29 is 19.4 Å². The summed E-state index contributed by atoms with van der Waals surface area (Å²) in [7, 11) is -2.09.